The maximum Gasteiger partial charge on any atom is 0.149 e. The fourth-order valence-electron chi connectivity index (χ4n) is 5.23. The van der Waals surface area contributed by atoms with Crippen molar-refractivity contribution in [1.82, 2.24) is 4.90 Å². The fraction of sp³-hybridized carbons (Fsp3) is 0.968. The molecule has 0 aliphatic rings. The normalized spacial score (nSPS) is 12.5. The summed E-state index contributed by atoms with van der Waals surface area (Å²) in [6.45, 7) is 11.0. The molecular formula is C31H63NO. The zero-order valence-electron chi connectivity index (χ0n) is 23.6. The smallest absolute Gasteiger partial charge is 0.149 e. The standard InChI is InChI=1S/C31H63NO/c1-5-9-10-11-12-13-14-15-16-17-18-19-20-21-22-23-24-25-26-27-31(33)30(8-4)32(28-6-2)29-7-3/h30H,5-29H2,1-4H3. The molecule has 2 heteroatoms. The van der Waals surface area contributed by atoms with Crippen LogP contribution in [0, 0.1) is 0 Å². The van der Waals surface area contributed by atoms with Gasteiger partial charge < -0.3 is 0 Å². The first kappa shape index (κ1) is 32.6. The van der Waals surface area contributed by atoms with Crippen LogP contribution in [0.2, 0.25) is 0 Å². The van der Waals surface area contributed by atoms with E-state index < -0.39 is 0 Å². The van der Waals surface area contributed by atoms with Gasteiger partial charge in [-0.25, -0.2) is 0 Å². The highest BCUT2D eigenvalue weighted by atomic mass is 16.1. The van der Waals surface area contributed by atoms with Crippen LogP contribution in [0.15, 0.2) is 0 Å². The van der Waals surface area contributed by atoms with Crippen molar-refractivity contribution in [3.8, 4) is 0 Å². The van der Waals surface area contributed by atoms with Crippen LogP contribution in [0.3, 0.4) is 0 Å². The van der Waals surface area contributed by atoms with Crippen LogP contribution < -0.4 is 0 Å². The fourth-order valence-corrected chi connectivity index (χ4v) is 5.23. The highest BCUT2D eigenvalue weighted by Crippen LogP contribution is 2.16. The first-order valence-corrected chi connectivity index (χ1v) is 15.5. The Balaban J connectivity index is 3.44. The Kier molecular flexibility index (Phi) is 25.9. The number of ketones is 1. The second-order valence-corrected chi connectivity index (χ2v) is 10.5. The number of unbranched alkanes of at least 4 members (excludes halogenated alkanes) is 18. The number of nitrogens with zero attached hydrogens (tertiary/aromatic N) is 1. The Morgan fingerprint density at radius 2 is 0.818 bits per heavy atom. The monoisotopic (exact) mass is 465 g/mol. The van der Waals surface area contributed by atoms with Gasteiger partial charge >= 0.3 is 0 Å². The first-order valence-electron chi connectivity index (χ1n) is 15.5. The molecule has 0 aliphatic carbocycles. The van der Waals surface area contributed by atoms with Crippen molar-refractivity contribution in [2.75, 3.05) is 13.1 Å². The van der Waals surface area contributed by atoms with Crippen LogP contribution in [0.1, 0.15) is 175 Å². The van der Waals surface area contributed by atoms with Gasteiger partial charge in [-0.15, -0.1) is 0 Å². The minimum absolute atomic E-state index is 0.167. The van der Waals surface area contributed by atoms with Crippen molar-refractivity contribution in [1.29, 1.82) is 0 Å². The summed E-state index contributed by atoms with van der Waals surface area (Å²) in [4.78, 5) is 15.1. The van der Waals surface area contributed by atoms with E-state index in [9.17, 15) is 4.79 Å². The number of Topliss-reactive ketones (excluding diaryl/α,β-unsaturated/α-hetero) is 1. The molecule has 33 heavy (non-hydrogen) atoms. The highest BCUT2D eigenvalue weighted by Gasteiger charge is 2.22. The van der Waals surface area contributed by atoms with Gasteiger partial charge in [-0.2, -0.15) is 0 Å². The van der Waals surface area contributed by atoms with E-state index in [0.717, 1.165) is 45.2 Å². The Bertz CT molecular complexity index is 388. The molecule has 0 aromatic carbocycles. The van der Waals surface area contributed by atoms with Crippen molar-refractivity contribution < 1.29 is 4.79 Å². The molecule has 0 fully saturated rings. The quantitative estimate of drug-likeness (QED) is 0.112. The number of carbonyl (C=O) groups excluding carboxylic acids is 1. The minimum Gasteiger partial charge on any atom is -0.298 e. The van der Waals surface area contributed by atoms with Gasteiger partial charge in [-0.1, -0.05) is 143 Å². The van der Waals surface area contributed by atoms with Gasteiger partial charge in [0, 0.05) is 6.42 Å². The zero-order chi connectivity index (χ0) is 24.4. The average Bonchev–Trinajstić information content (AvgIpc) is 2.81. The summed E-state index contributed by atoms with van der Waals surface area (Å²) in [6, 6.07) is 0.167. The van der Waals surface area contributed by atoms with Crippen LogP contribution in [0.4, 0.5) is 0 Å². The molecule has 0 aromatic rings. The van der Waals surface area contributed by atoms with Crippen molar-refractivity contribution in [2.24, 2.45) is 0 Å². The molecule has 0 bridgehead atoms. The molecule has 1 atom stereocenters. The molecule has 0 heterocycles. The van der Waals surface area contributed by atoms with Crippen molar-refractivity contribution in [3.05, 3.63) is 0 Å². The molecule has 198 valence electrons. The van der Waals surface area contributed by atoms with Gasteiger partial charge in [0.15, 0.2) is 0 Å². The Hall–Kier alpha value is -0.370. The summed E-state index contributed by atoms with van der Waals surface area (Å²) in [5, 5.41) is 0. The lowest BCUT2D eigenvalue weighted by molar-refractivity contribution is -0.124. The highest BCUT2D eigenvalue weighted by molar-refractivity contribution is 5.83. The molecule has 0 aliphatic heterocycles. The van der Waals surface area contributed by atoms with E-state index in [-0.39, 0.29) is 6.04 Å². The predicted octanol–water partition coefficient (Wildman–Crippen LogP) is 10.3. The van der Waals surface area contributed by atoms with Gasteiger partial charge in [0.05, 0.1) is 6.04 Å². The van der Waals surface area contributed by atoms with E-state index in [1.807, 2.05) is 0 Å². The third-order valence-corrected chi connectivity index (χ3v) is 7.25. The van der Waals surface area contributed by atoms with Gasteiger partial charge in [0.25, 0.3) is 0 Å². The van der Waals surface area contributed by atoms with Crippen LogP contribution in [-0.4, -0.2) is 29.8 Å². The molecule has 0 saturated carbocycles. The third-order valence-electron chi connectivity index (χ3n) is 7.25. The van der Waals surface area contributed by atoms with E-state index in [4.69, 9.17) is 0 Å². The van der Waals surface area contributed by atoms with Gasteiger partial charge in [0.1, 0.15) is 5.78 Å². The number of hydrogen-bond donors (Lipinski definition) is 0. The summed E-state index contributed by atoms with van der Waals surface area (Å²) in [6.07, 6.45) is 30.7. The molecule has 0 radical (unpaired) electrons. The lowest BCUT2D eigenvalue weighted by Crippen LogP contribution is -2.41. The molecular weight excluding hydrogens is 402 g/mol. The third kappa shape index (κ3) is 20.7. The lowest BCUT2D eigenvalue weighted by atomic mass is 10.00. The molecule has 0 N–H and O–H groups in total. The van der Waals surface area contributed by atoms with Gasteiger partial charge in [-0.05, 0) is 38.8 Å². The predicted molar refractivity (Wildman–Crippen MR) is 149 cm³/mol. The summed E-state index contributed by atoms with van der Waals surface area (Å²) >= 11 is 0. The Morgan fingerprint density at radius 1 is 0.485 bits per heavy atom. The first-order chi connectivity index (χ1) is 16.2. The van der Waals surface area contributed by atoms with Gasteiger partial charge in [0.2, 0.25) is 0 Å². The summed E-state index contributed by atoms with van der Waals surface area (Å²) in [5.74, 6) is 0.492. The molecule has 1 unspecified atom stereocenters. The Morgan fingerprint density at radius 3 is 1.12 bits per heavy atom. The van der Waals surface area contributed by atoms with Crippen molar-refractivity contribution >= 4 is 5.78 Å². The number of rotatable bonds is 27. The SMILES string of the molecule is CCCCCCCCCCCCCCCCCCCCCC(=O)C(CC)N(CCC)CCC. The van der Waals surface area contributed by atoms with Crippen molar-refractivity contribution in [2.45, 2.75) is 181 Å². The molecule has 0 aromatic heterocycles. The maximum atomic E-state index is 12.7. The zero-order valence-corrected chi connectivity index (χ0v) is 23.6. The molecule has 0 rings (SSSR count). The largest absolute Gasteiger partial charge is 0.298 e. The van der Waals surface area contributed by atoms with Crippen molar-refractivity contribution in [3.63, 3.8) is 0 Å². The molecule has 2 nitrogen and oxygen atoms in total. The van der Waals surface area contributed by atoms with E-state index in [0.29, 0.717) is 5.78 Å². The minimum atomic E-state index is 0.167. The maximum absolute atomic E-state index is 12.7. The van der Waals surface area contributed by atoms with E-state index in [2.05, 4.69) is 32.6 Å². The second-order valence-electron chi connectivity index (χ2n) is 10.5. The molecule has 0 amide bonds. The number of hydrogen-bond acceptors (Lipinski definition) is 2. The van der Waals surface area contributed by atoms with Crippen LogP contribution in [0.5, 0.6) is 0 Å². The van der Waals surface area contributed by atoms with Crippen LogP contribution in [0.25, 0.3) is 0 Å². The van der Waals surface area contributed by atoms with Crippen LogP contribution in [-0.2, 0) is 4.79 Å². The Labute approximate surface area is 210 Å². The second kappa shape index (κ2) is 26.2. The van der Waals surface area contributed by atoms with E-state index >= 15 is 0 Å². The summed E-state index contributed by atoms with van der Waals surface area (Å²) < 4.78 is 0. The van der Waals surface area contributed by atoms with E-state index in [1.54, 1.807) is 0 Å². The summed E-state index contributed by atoms with van der Waals surface area (Å²) in [7, 11) is 0. The molecule has 0 saturated heterocycles. The lowest BCUT2D eigenvalue weighted by Gasteiger charge is -2.29. The number of carbonyl (C=O) groups is 1. The topological polar surface area (TPSA) is 20.3 Å². The average molecular weight is 466 g/mol. The van der Waals surface area contributed by atoms with Crippen LogP contribution >= 0.6 is 0 Å². The van der Waals surface area contributed by atoms with Gasteiger partial charge in [-0.3, -0.25) is 9.69 Å². The summed E-state index contributed by atoms with van der Waals surface area (Å²) in [5.41, 5.74) is 0. The van der Waals surface area contributed by atoms with E-state index in [1.165, 1.54) is 116 Å². The molecule has 0 spiro atoms.